The number of aromatic nitrogens is 1. The molecule has 36 heavy (non-hydrogen) atoms. The average molecular weight is 485 g/mol. The van der Waals surface area contributed by atoms with E-state index >= 15 is 0 Å². The van der Waals surface area contributed by atoms with Gasteiger partial charge in [0.05, 0.1) is 19.8 Å². The lowest BCUT2D eigenvalue weighted by Gasteiger charge is -2.29. The van der Waals surface area contributed by atoms with Crippen LogP contribution in [0.4, 0.5) is 10.5 Å². The Bertz CT molecular complexity index is 1340. The fourth-order valence-corrected chi connectivity index (χ4v) is 4.72. The fourth-order valence-electron chi connectivity index (χ4n) is 4.72. The number of imide groups is 2. The van der Waals surface area contributed by atoms with E-state index in [1.807, 2.05) is 50.2 Å². The number of hydrogen-bond donors (Lipinski definition) is 1. The number of ether oxygens (including phenoxy) is 1. The Balaban J connectivity index is 1.42. The zero-order chi connectivity index (χ0) is 25.2. The second-order valence-electron chi connectivity index (χ2n) is 8.97. The third-order valence-electron chi connectivity index (χ3n) is 6.62. The maximum atomic E-state index is 13.2. The number of carbonyl (C=O) groups excluding carboxylic acids is 3. The van der Waals surface area contributed by atoms with E-state index in [-0.39, 0.29) is 12.1 Å². The number of nitrogens with zero attached hydrogens (tertiary/aromatic N) is 3. The minimum atomic E-state index is -0.711. The van der Waals surface area contributed by atoms with E-state index in [9.17, 15) is 14.4 Å². The number of rotatable bonds is 5. The summed E-state index contributed by atoms with van der Waals surface area (Å²) in [6.07, 6.45) is 1.57. The molecular weight excluding hydrogens is 456 g/mol. The third kappa shape index (κ3) is 4.55. The highest BCUT2D eigenvalue weighted by atomic mass is 16.5. The Hall–Kier alpha value is -4.17. The molecule has 0 spiro atoms. The first-order valence-corrected chi connectivity index (χ1v) is 12.0. The second kappa shape index (κ2) is 9.83. The van der Waals surface area contributed by atoms with Crippen LogP contribution in [0.3, 0.4) is 0 Å². The molecule has 2 aliphatic heterocycles. The van der Waals surface area contributed by atoms with Crippen LogP contribution in [0.1, 0.15) is 22.5 Å². The molecule has 184 valence electrons. The summed E-state index contributed by atoms with van der Waals surface area (Å²) < 4.78 is 7.53. The Morgan fingerprint density at radius 3 is 2.28 bits per heavy atom. The normalized spacial score (nSPS) is 17.6. The van der Waals surface area contributed by atoms with Crippen molar-refractivity contribution in [2.45, 2.75) is 20.4 Å². The van der Waals surface area contributed by atoms with Crippen LogP contribution < -0.4 is 10.2 Å². The highest BCUT2D eigenvalue weighted by molar-refractivity contribution is 6.31. The van der Waals surface area contributed by atoms with Gasteiger partial charge in [0, 0.05) is 35.9 Å². The number of aryl methyl sites for hydroxylation is 1. The molecule has 5 rings (SSSR count). The van der Waals surface area contributed by atoms with E-state index in [2.05, 4.69) is 39.0 Å². The predicted octanol–water partition coefficient (Wildman–Crippen LogP) is 3.59. The van der Waals surface area contributed by atoms with Gasteiger partial charge in [0.1, 0.15) is 5.57 Å². The molecular formula is C28H28N4O4. The molecule has 0 unspecified atom stereocenters. The number of carbonyl (C=O) groups is 3. The monoisotopic (exact) mass is 484 g/mol. The first-order valence-electron chi connectivity index (χ1n) is 12.0. The van der Waals surface area contributed by atoms with Crippen molar-refractivity contribution < 1.29 is 19.1 Å². The number of benzene rings is 2. The molecule has 0 saturated carbocycles. The molecule has 0 radical (unpaired) electrons. The predicted molar refractivity (Wildman–Crippen MR) is 137 cm³/mol. The van der Waals surface area contributed by atoms with Crippen molar-refractivity contribution in [1.82, 2.24) is 14.8 Å². The zero-order valence-corrected chi connectivity index (χ0v) is 20.4. The number of barbiturate groups is 1. The summed E-state index contributed by atoms with van der Waals surface area (Å²) in [6.45, 7) is 7.24. The lowest BCUT2D eigenvalue weighted by Crippen LogP contribution is -2.53. The Kier molecular flexibility index (Phi) is 6.43. The van der Waals surface area contributed by atoms with E-state index in [0.717, 1.165) is 65.1 Å². The Morgan fingerprint density at radius 1 is 0.917 bits per heavy atom. The topological polar surface area (TPSA) is 83.9 Å². The summed E-state index contributed by atoms with van der Waals surface area (Å²) in [5, 5.41) is 2.30. The molecule has 2 aliphatic rings. The fraction of sp³-hybridized carbons (Fsp3) is 0.250. The zero-order valence-electron chi connectivity index (χ0n) is 20.4. The van der Waals surface area contributed by atoms with E-state index in [1.165, 1.54) is 0 Å². The van der Waals surface area contributed by atoms with Crippen molar-refractivity contribution in [2.24, 2.45) is 0 Å². The number of morpholine rings is 1. The van der Waals surface area contributed by atoms with Gasteiger partial charge in [-0.15, -0.1) is 0 Å². The van der Waals surface area contributed by atoms with E-state index in [4.69, 9.17) is 4.74 Å². The van der Waals surface area contributed by atoms with Crippen molar-refractivity contribution in [1.29, 1.82) is 0 Å². The maximum absolute atomic E-state index is 13.2. The molecule has 2 saturated heterocycles. The van der Waals surface area contributed by atoms with Crippen LogP contribution >= 0.6 is 0 Å². The smallest absolute Gasteiger partial charge is 0.331 e. The summed E-state index contributed by atoms with van der Waals surface area (Å²) in [6, 6.07) is 18.8. The molecule has 2 fully saturated rings. The number of nitrogens with one attached hydrogen (secondary N) is 1. The third-order valence-corrected chi connectivity index (χ3v) is 6.62. The standard InChI is InChI=1S/C28H28N4O4/c1-19-16-22(20(2)32(19)24-10-8-23(9-11-24)30-12-14-36-15-13-30)17-25-26(33)29-28(35)31(27(25)34)18-21-6-4-3-5-7-21/h3-11,16-17H,12-15,18H2,1-2H3,(H,29,33,35). The van der Waals surface area contributed by atoms with Crippen molar-refractivity contribution in [3.63, 3.8) is 0 Å². The molecule has 3 heterocycles. The summed E-state index contributed by atoms with van der Waals surface area (Å²) in [5.74, 6) is -1.29. The van der Waals surface area contributed by atoms with Crippen LogP contribution in [0.5, 0.6) is 0 Å². The molecule has 4 amide bonds. The van der Waals surface area contributed by atoms with Gasteiger partial charge in [-0.25, -0.2) is 4.79 Å². The summed E-state index contributed by atoms with van der Waals surface area (Å²) in [5.41, 5.74) is 5.50. The Morgan fingerprint density at radius 2 is 1.58 bits per heavy atom. The van der Waals surface area contributed by atoms with Crippen LogP contribution in [0, 0.1) is 13.8 Å². The summed E-state index contributed by atoms with van der Waals surface area (Å²) in [4.78, 5) is 41.5. The number of hydrogen-bond acceptors (Lipinski definition) is 5. The summed E-state index contributed by atoms with van der Waals surface area (Å²) in [7, 11) is 0. The van der Waals surface area contributed by atoms with Gasteiger partial charge in [0.25, 0.3) is 11.8 Å². The van der Waals surface area contributed by atoms with Crippen LogP contribution in [-0.4, -0.2) is 53.6 Å². The van der Waals surface area contributed by atoms with Crippen LogP contribution in [0.2, 0.25) is 0 Å². The van der Waals surface area contributed by atoms with Gasteiger partial charge in [0.15, 0.2) is 0 Å². The van der Waals surface area contributed by atoms with E-state index in [0.29, 0.717) is 0 Å². The average Bonchev–Trinajstić information content (AvgIpc) is 3.18. The number of anilines is 1. The van der Waals surface area contributed by atoms with Gasteiger partial charge in [-0.1, -0.05) is 30.3 Å². The number of urea groups is 1. The van der Waals surface area contributed by atoms with Gasteiger partial charge in [-0.3, -0.25) is 19.8 Å². The van der Waals surface area contributed by atoms with E-state index in [1.54, 1.807) is 6.08 Å². The lowest BCUT2D eigenvalue weighted by molar-refractivity contribution is -0.130. The van der Waals surface area contributed by atoms with Crippen molar-refractivity contribution in [3.8, 4) is 5.69 Å². The van der Waals surface area contributed by atoms with Gasteiger partial charge < -0.3 is 14.2 Å². The minimum Gasteiger partial charge on any atom is -0.378 e. The molecule has 0 atom stereocenters. The second-order valence-corrected chi connectivity index (χ2v) is 8.97. The van der Waals surface area contributed by atoms with Crippen molar-refractivity contribution in [2.75, 3.05) is 31.2 Å². The molecule has 1 N–H and O–H groups in total. The molecule has 8 heteroatoms. The molecule has 2 aromatic carbocycles. The maximum Gasteiger partial charge on any atom is 0.331 e. The Labute approximate surface area is 209 Å². The summed E-state index contributed by atoms with van der Waals surface area (Å²) >= 11 is 0. The highest BCUT2D eigenvalue weighted by Crippen LogP contribution is 2.26. The van der Waals surface area contributed by atoms with Gasteiger partial charge >= 0.3 is 6.03 Å². The molecule has 0 aliphatic carbocycles. The number of amides is 4. The first kappa shape index (κ1) is 23.6. The molecule has 8 nitrogen and oxygen atoms in total. The SMILES string of the molecule is Cc1cc(C=C2C(=O)NC(=O)N(Cc3ccccc3)C2=O)c(C)n1-c1ccc(N2CCOCC2)cc1. The molecule has 0 bridgehead atoms. The largest absolute Gasteiger partial charge is 0.378 e. The highest BCUT2D eigenvalue weighted by Gasteiger charge is 2.36. The molecule has 3 aromatic rings. The van der Waals surface area contributed by atoms with E-state index < -0.39 is 17.8 Å². The first-order chi connectivity index (χ1) is 17.4. The molecule has 1 aromatic heterocycles. The minimum absolute atomic E-state index is 0.0616. The van der Waals surface area contributed by atoms with Crippen molar-refractivity contribution in [3.05, 3.63) is 88.8 Å². The van der Waals surface area contributed by atoms with Crippen LogP contribution in [0.25, 0.3) is 11.8 Å². The van der Waals surface area contributed by atoms with Gasteiger partial charge in [-0.2, -0.15) is 0 Å². The lowest BCUT2D eigenvalue weighted by atomic mass is 10.1. The van der Waals surface area contributed by atoms with Gasteiger partial charge in [-0.05, 0) is 61.4 Å². The van der Waals surface area contributed by atoms with Crippen LogP contribution in [-0.2, 0) is 20.9 Å². The quantitative estimate of drug-likeness (QED) is 0.442. The van der Waals surface area contributed by atoms with Crippen molar-refractivity contribution >= 4 is 29.6 Å². The van der Waals surface area contributed by atoms with Gasteiger partial charge in [0.2, 0.25) is 0 Å². The van der Waals surface area contributed by atoms with Crippen LogP contribution in [0.15, 0.2) is 66.2 Å².